The SMILES string of the molecule is F.F.[AlH2][CH]1CCCCC1. The van der Waals surface area contributed by atoms with Gasteiger partial charge >= 0.3 is 0 Å². The highest BCUT2D eigenvalue weighted by Gasteiger charge is 2.06. The van der Waals surface area contributed by atoms with Gasteiger partial charge < -0.3 is 0 Å². The molecule has 9 heavy (non-hydrogen) atoms. The molecule has 0 nitrogen and oxygen atoms in total. The first-order chi connectivity index (χ1) is 3.39. The highest BCUT2D eigenvalue weighted by molar-refractivity contribution is 6.11. The van der Waals surface area contributed by atoms with Crippen LogP contribution in [0.4, 0.5) is 9.41 Å². The van der Waals surface area contributed by atoms with Crippen molar-refractivity contribution in [3.8, 4) is 0 Å². The lowest BCUT2D eigenvalue weighted by Gasteiger charge is -2.15. The summed E-state index contributed by atoms with van der Waals surface area (Å²) in [6.45, 7) is 0. The zero-order chi connectivity index (χ0) is 5.11. The van der Waals surface area contributed by atoms with E-state index >= 15 is 0 Å². The summed E-state index contributed by atoms with van der Waals surface area (Å²) in [5.74, 6) is 0. The molecule has 1 aliphatic rings. The van der Waals surface area contributed by atoms with E-state index in [1.807, 2.05) is 0 Å². The van der Waals surface area contributed by atoms with Crippen molar-refractivity contribution in [2.45, 2.75) is 36.9 Å². The molecule has 0 saturated heterocycles. The van der Waals surface area contributed by atoms with Crippen molar-refractivity contribution in [1.82, 2.24) is 0 Å². The van der Waals surface area contributed by atoms with Crippen molar-refractivity contribution in [2.24, 2.45) is 0 Å². The molecular weight excluding hydrogens is 137 g/mol. The summed E-state index contributed by atoms with van der Waals surface area (Å²) >= 11 is 1.45. The maximum Gasteiger partial charge on any atom is 0.216 e. The minimum atomic E-state index is 0. The van der Waals surface area contributed by atoms with Crippen LogP contribution < -0.4 is 0 Å². The Morgan fingerprint density at radius 1 is 0.889 bits per heavy atom. The Labute approximate surface area is 63.2 Å². The predicted octanol–water partition coefficient (Wildman–Crippen LogP) is 1.68. The summed E-state index contributed by atoms with van der Waals surface area (Å²) in [5, 5.41) is 0. The molecule has 0 bridgehead atoms. The van der Waals surface area contributed by atoms with E-state index in [1.165, 1.54) is 40.3 Å². The molecule has 0 spiro atoms. The molecule has 0 N–H and O–H groups in total. The molecular formula is C6H15AlF2. The van der Waals surface area contributed by atoms with Gasteiger partial charge in [0.2, 0.25) is 16.3 Å². The first-order valence-electron chi connectivity index (χ1n) is 3.39. The van der Waals surface area contributed by atoms with Gasteiger partial charge in [0.15, 0.2) is 0 Å². The molecule has 1 fully saturated rings. The molecule has 0 unspecified atom stereocenters. The van der Waals surface area contributed by atoms with E-state index in [9.17, 15) is 0 Å². The number of halogens is 2. The summed E-state index contributed by atoms with van der Waals surface area (Å²) in [6, 6.07) is 0. The first-order valence-corrected chi connectivity index (χ1v) is 4.55. The number of hydrogen-bond acceptors (Lipinski definition) is 0. The van der Waals surface area contributed by atoms with E-state index in [1.54, 1.807) is 12.8 Å². The molecule has 0 radical (unpaired) electrons. The Balaban J connectivity index is 0. The van der Waals surface area contributed by atoms with E-state index < -0.39 is 0 Å². The van der Waals surface area contributed by atoms with E-state index in [4.69, 9.17) is 0 Å². The Morgan fingerprint density at radius 2 is 1.33 bits per heavy atom. The van der Waals surface area contributed by atoms with Crippen molar-refractivity contribution in [3.63, 3.8) is 0 Å². The molecule has 1 saturated carbocycles. The monoisotopic (exact) mass is 152 g/mol. The van der Waals surface area contributed by atoms with Gasteiger partial charge in [-0.2, -0.15) is 0 Å². The van der Waals surface area contributed by atoms with Crippen LogP contribution >= 0.6 is 0 Å². The van der Waals surface area contributed by atoms with Gasteiger partial charge in [-0.3, -0.25) is 9.41 Å². The molecule has 56 valence electrons. The third kappa shape index (κ3) is 4.87. The average molecular weight is 152 g/mol. The summed E-state index contributed by atoms with van der Waals surface area (Å²) < 4.78 is 1.17. The molecule has 0 aromatic carbocycles. The zero-order valence-corrected chi connectivity index (χ0v) is 7.93. The Kier molecular flexibility index (Phi) is 8.76. The van der Waals surface area contributed by atoms with E-state index in [0.29, 0.717) is 0 Å². The van der Waals surface area contributed by atoms with Crippen molar-refractivity contribution >= 4 is 16.3 Å². The van der Waals surface area contributed by atoms with Crippen LogP contribution in [0.15, 0.2) is 0 Å². The standard InChI is InChI=1S/C6H11.Al.2FH.2H/c1-2-4-6-5-3-1;;;;;/h1H,2-6H2;;2*1H;;. The topological polar surface area (TPSA) is 0 Å². The van der Waals surface area contributed by atoms with Crippen LogP contribution in [0.3, 0.4) is 0 Å². The van der Waals surface area contributed by atoms with E-state index in [2.05, 4.69) is 0 Å². The maximum absolute atomic E-state index is 1.55. The van der Waals surface area contributed by atoms with Gasteiger partial charge in [0, 0.05) is 0 Å². The second-order valence-corrected chi connectivity index (χ2v) is 4.38. The Hall–Kier alpha value is 0.392. The number of rotatable bonds is 0. The molecule has 0 atom stereocenters. The minimum Gasteiger partial charge on any atom is -0.269 e. The molecule has 0 aromatic rings. The van der Waals surface area contributed by atoms with Crippen LogP contribution in [-0.2, 0) is 0 Å². The highest BCUT2D eigenvalue weighted by Crippen LogP contribution is 2.24. The first kappa shape index (κ1) is 12.1. The molecule has 0 heterocycles. The summed E-state index contributed by atoms with van der Waals surface area (Å²) in [6.07, 6.45) is 7.65. The Bertz CT molecular complexity index is 53.0. The van der Waals surface area contributed by atoms with Gasteiger partial charge in [0.1, 0.15) is 0 Å². The van der Waals surface area contributed by atoms with Gasteiger partial charge in [-0.05, 0) is 0 Å². The van der Waals surface area contributed by atoms with Crippen molar-refractivity contribution in [1.29, 1.82) is 0 Å². The van der Waals surface area contributed by atoms with Crippen LogP contribution in [0.1, 0.15) is 32.1 Å². The predicted molar refractivity (Wildman–Crippen MR) is 40.4 cm³/mol. The Morgan fingerprint density at radius 3 is 1.56 bits per heavy atom. The number of hydrogen-bond donors (Lipinski definition) is 0. The summed E-state index contributed by atoms with van der Waals surface area (Å²) in [7, 11) is 0. The molecule has 3 heteroatoms. The quantitative estimate of drug-likeness (QED) is 0.463. The van der Waals surface area contributed by atoms with Crippen LogP contribution in [0.25, 0.3) is 0 Å². The second kappa shape index (κ2) is 6.51. The fourth-order valence-electron chi connectivity index (χ4n) is 1.31. The zero-order valence-electron chi connectivity index (χ0n) is 5.93. The molecule has 0 amide bonds. The normalized spacial score (nSPS) is 19.6. The van der Waals surface area contributed by atoms with Gasteiger partial charge in [0.05, 0.1) is 0 Å². The van der Waals surface area contributed by atoms with Crippen LogP contribution in [0, 0.1) is 0 Å². The highest BCUT2D eigenvalue weighted by atomic mass is 27.0. The fraction of sp³-hybridized carbons (Fsp3) is 1.00. The second-order valence-electron chi connectivity index (χ2n) is 2.74. The smallest absolute Gasteiger partial charge is 0.216 e. The molecule has 1 rings (SSSR count). The lowest BCUT2D eigenvalue weighted by atomic mass is 10.0. The van der Waals surface area contributed by atoms with E-state index in [-0.39, 0.29) is 9.41 Å². The lowest BCUT2D eigenvalue weighted by Crippen LogP contribution is -1.98. The summed E-state index contributed by atoms with van der Waals surface area (Å²) in [5.41, 5.74) is 0. The van der Waals surface area contributed by atoms with Gasteiger partial charge in [-0.15, -0.1) is 0 Å². The average Bonchev–Trinajstić information content (AvgIpc) is 1.69. The molecule has 0 aromatic heterocycles. The van der Waals surface area contributed by atoms with Gasteiger partial charge in [-0.1, -0.05) is 36.9 Å². The van der Waals surface area contributed by atoms with Gasteiger partial charge in [0.25, 0.3) is 0 Å². The third-order valence-electron chi connectivity index (χ3n) is 1.89. The largest absolute Gasteiger partial charge is 0.269 e. The van der Waals surface area contributed by atoms with Crippen LogP contribution in [0.5, 0.6) is 0 Å². The van der Waals surface area contributed by atoms with Crippen molar-refractivity contribution in [2.75, 3.05) is 0 Å². The third-order valence-corrected chi connectivity index (χ3v) is 3.05. The minimum absolute atomic E-state index is 0. The lowest BCUT2D eigenvalue weighted by molar-refractivity contribution is 0.504. The summed E-state index contributed by atoms with van der Waals surface area (Å²) in [4.78, 5) is 0. The molecule has 1 aliphatic carbocycles. The van der Waals surface area contributed by atoms with Gasteiger partial charge in [-0.25, -0.2) is 0 Å². The van der Waals surface area contributed by atoms with Crippen molar-refractivity contribution in [3.05, 3.63) is 0 Å². The van der Waals surface area contributed by atoms with E-state index in [0.717, 1.165) is 0 Å². The van der Waals surface area contributed by atoms with Crippen LogP contribution in [0.2, 0.25) is 4.78 Å². The van der Waals surface area contributed by atoms with Crippen LogP contribution in [-0.4, -0.2) is 16.3 Å². The maximum atomic E-state index is 1.55. The van der Waals surface area contributed by atoms with Crippen molar-refractivity contribution < 1.29 is 9.41 Å². The molecule has 0 aliphatic heterocycles. The fourth-order valence-corrected chi connectivity index (χ4v) is 2.12.